The molecule has 0 saturated carbocycles. The van der Waals surface area contributed by atoms with Gasteiger partial charge in [-0.25, -0.2) is 4.98 Å². The molecule has 1 atom stereocenters. The Morgan fingerprint density at radius 3 is 2.80 bits per heavy atom. The third kappa shape index (κ3) is 3.12. The van der Waals surface area contributed by atoms with Crippen molar-refractivity contribution >= 4 is 23.0 Å². The van der Waals surface area contributed by atoms with Crippen molar-refractivity contribution in [1.82, 2.24) is 4.98 Å². The monoisotopic (exact) mass is 309 g/mol. The van der Waals surface area contributed by atoms with Crippen LogP contribution in [0.5, 0.6) is 0 Å². The SMILES string of the molecule is O=[N+]([O-])c1cnc(Cl)cc1N1CCCC(C(F)(F)F)C1. The van der Waals surface area contributed by atoms with Gasteiger partial charge in [0.05, 0.1) is 10.8 Å². The maximum absolute atomic E-state index is 12.8. The van der Waals surface area contributed by atoms with Gasteiger partial charge in [-0.05, 0) is 12.8 Å². The highest BCUT2D eigenvalue weighted by Gasteiger charge is 2.42. The highest BCUT2D eigenvalue weighted by molar-refractivity contribution is 6.29. The smallest absolute Gasteiger partial charge is 0.365 e. The van der Waals surface area contributed by atoms with Gasteiger partial charge >= 0.3 is 11.9 Å². The Balaban J connectivity index is 2.31. The van der Waals surface area contributed by atoms with E-state index in [1.165, 1.54) is 11.0 Å². The second-order valence-corrected chi connectivity index (χ2v) is 4.97. The molecule has 2 heterocycles. The third-order valence-corrected chi connectivity index (χ3v) is 3.46. The van der Waals surface area contributed by atoms with E-state index in [0.29, 0.717) is 13.0 Å². The van der Waals surface area contributed by atoms with E-state index >= 15 is 0 Å². The van der Waals surface area contributed by atoms with Crippen molar-refractivity contribution in [3.05, 3.63) is 27.5 Å². The van der Waals surface area contributed by atoms with E-state index in [1.54, 1.807) is 0 Å². The van der Waals surface area contributed by atoms with Crippen molar-refractivity contribution in [3.63, 3.8) is 0 Å². The summed E-state index contributed by atoms with van der Waals surface area (Å²) in [5, 5.41) is 10.9. The lowest BCUT2D eigenvalue weighted by Gasteiger charge is -2.34. The normalized spacial score (nSPS) is 20.0. The summed E-state index contributed by atoms with van der Waals surface area (Å²) in [4.78, 5) is 15.2. The average Bonchev–Trinajstić information content (AvgIpc) is 2.37. The van der Waals surface area contributed by atoms with Crippen LogP contribution in [0.1, 0.15) is 12.8 Å². The predicted molar refractivity (Wildman–Crippen MR) is 66.9 cm³/mol. The van der Waals surface area contributed by atoms with E-state index in [-0.39, 0.29) is 29.5 Å². The Morgan fingerprint density at radius 1 is 1.50 bits per heavy atom. The fraction of sp³-hybridized carbons (Fsp3) is 0.545. The fourth-order valence-corrected chi connectivity index (χ4v) is 2.42. The molecule has 0 spiro atoms. The summed E-state index contributed by atoms with van der Waals surface area (Å²) in [6, 6.07) is 1.23. The van der Waals surface area contributed by atoms with Crippen LogP contribution in [-0.2, 0) is 0 Å². The lowest BCUT2D eigenvalue weighted by molar-refractivity contribution is -0.384. The van der Waals surface area contributed by atoms with Gasteiger partial charge in [-0.1, -0.05) is 11.6 Å². The van der Waals surface area contributed by atoms with Crippen LogP contribution in [0.25, 0.3) is 0 Å². The number of hydrogen-bond acceptors (Lipinski definition) is 4. The van der Waals surface area contributed by atoms with Crippen LogP contribution < -0.4 is 4.90 Å². The molecule has 0 aromatic carbocycles. The number of pyridine rings is 1. The van der Waals surface area contributed by atoms with Crippen molar-refractivity contribution in [2.45, 2.75) is 19.0 Å². The van der Waals surface area contributed by atoms with Crippen molar-refractivity contribution in [2.24, 2.45) is 5.92 Å². The largest absolute Gasteiger partial charge is 0.393 e. The van der Waals surface area contributed by atoms with Gasteiger partial charge in [0.2, 0.25) is 0 Å². The van der Waals surface area contributed by atoms with Crippen LogP contribution in [0.4, 0.5) is 24.5 Å². The average molecular weight is 310 g/mol. The van der Waals surface area contributed by atoms with E-state index in [9.17, 15) is 23.3 Å². The second kappa shape index (κ2) is 5.43. The zero-order chi connectivity index (χ0) is 14.9. The molecule has 1 unspecified atom stereocenters. The minimum absolute atomic E-state index is 0.0136. The van der Waals surface area contributed by atoms with Crippen LogP contribution in [0.3, 0.4) is 0 Å². The number of halogens is 4. The highest BCUT2D eigenvalue weighted by atomic mass is 35.5. The van der Waals surface area contributed by atoms with Gasteiger partial charge in [0.15, 0.2) is 0 Å². The van der Waals surface area contributed by atoms with Gasteiger partial charge in [-0.3, -0.25) is 10.1 Å². The first-order valence-electron chi connectivity index (χ1n) is 5.90. The topological polar surface area (TPSA) is 59.3 Å². The highest BCUT2D eigenvalue weighted by Crippen LogP contribution is 2.37. The lowest BCUT2D eigenvalue weighted by atomic mass is 9.97. The molecule has 2 rings (SSSR count). The van der Waals surface area contributed by atoms with Crippen LogP contribution >= 0.6 is 11.6 Å². The standard InChI is InChI=1S/C11H11ClF3N3O2/c12-10-4-8(9(5-16-10)18(19)20)17-3-1-2-7(6-17)11(13,14)15/h4-5,7H,1-3,6H2. The number of nitrogens with zero attached hydrogens (tertiary/aromatic N) is 3. The van der Waals surface area contributed by atoms with Gasteiger partial charge in [0, 0.05) is 19.2 Å². The van der Waals surface area contributed by atoms with E-state index in [4.69, 9.17) is 11.6 Å². The predicted octanol–water partition coefficient (Wildman–Crippen LogP) is 3.42. The summed E-state index contributed by atoms with van der Waals surface area (Å²) in [6.45, 7) is 0.0262. The number of hydrogen-bond donors (Lipinski definition) is 0. The molecule has 0 bridgehead atoms. The maximum atomic E-state index is 12.8. The first kappa shape index (κ1) is 14.8. The molecule has 9 heteroatoms. The lowest BCUT2D eigenvalue weighted by Crippen LogP contribution is -2.42. The number of rotatable bonds is 2. The van der Waals surface area contributed by atoms with E-state index in [1.807, 2.05) is 0 Å². The van der Waals surface area contributed by atoms with Crippen molar-refractivity contribution in [3.8, 4) is 0 Å². The summed E-state index contributed by atoms with van der Waals surface area (Å²) < 4.78 is 38.3. The molecule has 1 aromatic heterocycles. The molecule has 110 valence electrons. The van der Waals surface area contributed by atoms with Gasteiger partial charge in [0.25, 0.3) is 0 Å². The van der Waals surface area contributed by atoms with Gasteiger partial charge in [0.1, 0.15) is 17.0 Å². The van der Waals surface area contributed by atoms with Crippen molar-refractivity contribution < 1.29 is 18.1 Å². The van der Waals surface area contributed by atoms with Crippen molar-refractivity contribution in [1.29, 1.82) is 0 Å². The second-order valence-electron chi connectivity index (χ2n) is 4.58. The molecular formula is C11H11ClF3N3O2. The minimum atomic E-state index is -4.30. The molecular weight excluding hydrogens is 299 g/mol. The van der Waals surface area contributed by atoms with Crippen LogP contribution in [0.2, 0.25) is 5.15 Å². The summed E-state index contributed by atoms with van der Waals surface area (Å²) in [6.07, 6.45) is -2.98. The molecule has 1 aromatic rings. The van der Waals surface area contributed by atoms with Crippen LogP contribution in [0, 0.1) is 16.0 Å². The third-order valence-electron chi connectivity index (χ3n) is 3.25. The Morgan fingerprint density at radius 2 is 2.20 bits per heavy atom. The number of alkyl halides is 3. The zero-order valence-corrected chi connectivity index (χ0v) is 11.0. The molecule has 0 radical (unpaired) electrons. The summed E-state index contributed by atoms with van der Waals surface area (Å²) in [5.74, 6) is -1.48. The molecule has 5 nitrogen and oxygen atoms in total. The Kier molecular flexibility index (Phi) is 4.03. The molecule has 1 aliphatic rings. The number of aromatic nitrogens is 1. The van der Waals surface area contributed by atoms with Gasteiger partial charge in [-0.15, -0.1) is 0 Å². The molecule has 0 amide bonds. The number of piperidine rings is 1. The quantitative estimate of drug-likeness (QED) is 0.477. The van der Waals surface area contributed by atoms with Gasteiger partial charge in [-0.2, -0.15) is 13.2 Å². The van der Waals surface area contributed by atoms with Crippen molar-refractivity contribution in [2.75, 3.05) is 18.0 Å². The first-order valence-corrected chi connectivity index (χ1v) is 6.28. The Hall–Kier alpha value is -1.57. The molecule has 20 heavy (non-hydrogen) atoms. The summed E-state index contributed by atoms with van der Waals surface area (Å²) in [5.41, 5.74) is -0.249. The Labute approximate surface area is 117 Å². The van der Waals surface area contributed by atoms with E-state index in [0.717, 1.165) is 6.20 Å². The molecule has 0 aliphatic carbocycles. The van der Waals surface area contributed by atoms with E-state index in [2.05, 4.69) is 4.98 Å². The van der Waals surface area contributed by atoms with Gasteiger partial charge < -0.3 is 4.90 Å². The number of nitro groups is 1. The fourth-order valence-electron chi connectivity index (χ4n) is 2.27. The number of anilines is 1. The van der Waals surface area contributed by atoms with E-state index < -0.39 is 17.0 Å². The summed E-state index contributed by atoms with van der Waals surface area (Å²) >= 11 is 5.68. The van der Waals surface area contributed by atoms with Crippen LogP contribution in [-0.4, -0.2) is 29.2 Å². The van der Waals surface area contributed by atoms with Crippen LogP contribution in [0.15, 0.2) is 12.3 Å². The Bertz CT molecular complexity index is 524. The minimum Gasteiger partial charge on any atom is -0.365 e. The molecule has 0 N–H and O–H groups in total. The summed E-state index contributed by atoms with van der Waals surface area (Å²) in [7, 11) is 0. The molecule has 1 fully saturated rings. The maximum Gasteiger partial charge on any atom is 0.393 e. The first-order chi connectivity index (χ1) is 9.29. The zero-order valence-electron chi connectivity index (χ0n) is 10.2. The molecule has 1 saturated heterocycles. The molecule has 1 aliphatic heterocycles.